The molecule has 0 radical (unpaired) electrons. The SMILES string of the molecule is CC(C)(N)CCC[C@H](N)C(=O)O.Cl. The van der Waals surface area contributed by atoms with Crippen molar-refractivity contribution in [3.63, 3.8) is 0 Å². The number of carbonyl (C=O) groups is 1. The zero-order chi connectivity index (χ0) is 9.78. The Morgan fingerprint density at radius 2 is 2.00 bits per heavy atom. The van der Waals surface area contributed by atoms with Crippen molar-refractivity contribution in [2.45, 2.75) is 44.7 Å². The van der Waals surface area contributed by atoms with Gasteiger partial charge in [-0.3, -0.25) is 4.79 Å². The Morgan fingerprint density at radius 1 is 1.54 bits per heavy atom. The summed E-state index contributed by atoms with van der Waals surface area (Å²) in [7, 11) is 0. The molecule has 0 saturated carbocycles. The summed E-state index contributed by atoms with van der Waals surface area (Å²) in [5.41, 5.74) is 10.8. The minimum Gasteiger partial charge on any atom is -0.480 e. The largest absolute Gasteiger partial charge is 0.480 e. The molecule has 0 saturated heterocycles. The second-order valence-electron chi connectivity index (χ2n) is 3.83. The van der Waals surface area contributed by atoms with Crippen LogP contribution in [0.2, 0.25) is 0 Å². The molecule has 0 heterocycles. The van der Waals surface area contributed by atoms with Gasteiger partial charge in [0.05, 0.1) is 0 Å². The third kappa shape index (κ3) is 9.60. The van der Waals surface area contributed by atoms with Crippen LogP contribution in [-0.2, 0) is 4.79 Å². The summed E-state index contributed by atoms with van der Waals surface area (Å²) >= 11 is 0. The Kier molecular flexibility index (Phi) is 7.21. The third-order valence-electron chi connectivity index (χ3n) is 1.65. The normalized spacial score (nSPS) is 13.2. The summed E-state index contributed by atoms with van der Waals surface area (Å²) in [4.78, 5) is 10.3. The first-order valence-electron chi connectivity index (χ1n) is 4.10. The number of halogens is 1. The van der Waals surface area contributed by atoms with Crippen molar-refractivity contribution in [1.82, 2.24) is 0 Å². The Hall–Kier alpha value is -0.320. The van der Waals surface area contributed by atoms with E-state index in [0.29, 0.717) is 6.42 Å². The molecule has 5 N–H and O–H groups in total. The molecule has 0 aromatic heterocycles. The summed E-state index contributed by atoms with van der Waals surface area (Å²) in [6.07, 6.45) is 2.06. The quantitative estimate of drug-likeness (QED) is 0.624. The first kappa shape index (κ1) is 15.2. The molecular formula is C8H19ClN2O2. The van der Waals surface area contributed by atoms with Crippen LogP contribution in [0.15, 0.2) is 0 Å². The molecule has 0 amide bonds. The molecule has 0 fully saturated rings. The van der Waals surface area contributed by atoms with Gasteiger partial charge in [0.1, 0.15) is 6.04 Å². The molecule has 5 heteroatoms. The highest BCUT2D eigenvalue weighted by Gasteiger charge is 2.14. The summed E-state index contributed by atoms with van der Waals surface area (Å²) in [5.74, 6) is -0.940. The van der Waals surface area contributed by atoms with E-state index in [4.69, 9.17) is 16.6 Å². The van der Waals surface area contributed by atoms with Gasteiger partial charge in [0, 0.05) is 5.54 Å². The van der Waals surface area contributed by atoms with Crippen LogP contribution in [0.3, 0.4) is 0 Å². The van der Waals surface area contributed by atoms with Gasteiger partial charge < -0.3 is 16.6 Å². The van der Waals surface area contributed by atoms with E-state index in [1.165, 1.54) is 0 Å². The summed E-state index contributed by atoms with van der Waals surface area (Å²) in [6, 6.07) is -0.743. The van der Waals surface area contributed by atoms with Crippen molar-refractivity contribution in [1.29, 1.82) is 0 Å². The first-order valence-corrected chi connectivity index (χ1v) is 4.10. The molecule has 13 heavy (non-hydrogen) atoms. The molecule has 80 valence electrons. The zero-order valence-electron chi connectivity index (χ0n) is 8.12. The van der Waals surface area contributed by atoms with Gasteiger partial charge in [-0.1, -0.05) is 0 Å². The molecule has 0 aromatic rings. The fraction of sp³-hybridized carbons (Fsp3) is 0.875. The second-order valence-corrected chi connectivity index (χ2v) is 3.83. The van der Waals surface area contributed by atoms with Crippen molar-refractivity contribution in [2.24, 2.45) is 11.5 Å². The lowest BCUT2D eigenvalue weighted by Crippen LogP contribution is -2.34. The van der Waals surface area contributed by atoms with Crippen LogP contribution in [0, 0.1) is 0 Å². The number of hydrogen-bond acceptors (Lipinski definition) is 3. The van der Waals surface area contributed by atoms with E-state index in [-0.39, 0.29) is 17.9 Å². The third-order valence-corrected chi connectivity index (χ3v) is 1.65. The van der Waals surface area contributed by atoms with E-state index in [1.54, 1.807) is 0 Å². The monoisotopic (exact) mass is 210 g/mol. The van der Waals surface area contributed by atoms with Crippen molar-refractivity contribution >= 4 is 18.4 Å². The fourth-order valence-electron chi connectivity index (χ4n) is 0.901. The molecule has 0 unspecified atom stereocenters. The fourth-order valence-corrected chi connectivity index (χ4v) is 0.901. The highest BCUT2D eigenvalue weighted by molar-refractivity contribution is 5.85. The van der Waals surface area contributed by atoms with Gasteiger partial charge in [-0.15, -0.1) is 12.4 Å². The summed E-state index contributed by atoms with van der Waals surface area (Å²) in [5, 5.41) is 8.46. The molecule has 0 rings (SSSR count). The minimum absolute atomic E-state index is 0. The lowest BCUT2D eigenvalue weighted by molar-refractivity contribution is -0.138. The van der Waals surface area contributed by atoms with E-state index in [1.807, 2.05) is 13.8 Å². The van der Waals surface area contributed by atoms with Crippen molar-refractivity contribution in [3.05, 3.63) is 0 Å². The van der Waals surface area contributed by atoms with E-state index >= 15 is 0 Å². The Labute approximate surface area is 85.1 Å². The summed E-state index contributed by atoms with van der Waals surface area (Å²) < 4.78 is 0. The molecule has 0 aromatic carbocycles. The highest BCUT2D eigenvalue weighted by atomic mass is 35.5. The zero-order valence-corrected chi connectivity index (χ0v) is 8.93. The Balaban J connectivity index is 0. The Morgan fingerprint density at radius 3 is 2.31 bits per heavy atom. The number of carboxylic acids is 1. The molecule has 1 atom stereocenters. The second kappa shape index (κ2) is 6.18. The number of aliphatic carboxylic acids is 1. The average molecular weight is 211 g/mol. The molecular weight excluding hydrogens is 192 g/mol. The number of hydrogen-bond donors (Lipinski definition) is 3. The van der Waals surface area contributed by atoms with Crippen LogP contribution < -0.4 is 11.5 Å². The Bertz CT molecular complexity index is 157. The van der Waals surface area contributed by atoms with E-state index < -0.39 is 12.0 Å². The van der Waals surface area contributed by atoms with E-state index in [2.05, 4.69) is 0 Å². The topological polar surface area (TPSA) is 89.3 Å². The van der Waals surface area contributed by atoms with Gasteiger partial charge in [0.2, 0.25) is 0 Å². The van der Waals surface area contributed by atoms with Gasteiger partial charge in [0.15, 0.2) is 0 Å². The maximum Gasteiger partial charge on any atom is 0.320 e. The lowest BCUT2D eigenvalue weighted by Gasteiger charge is -2.18. The van der Waals surface area contributed by atoms with Gasteiger partial charge in [-0.25, -0.2) is 0 Å². The van der Waals surface area contributed by atoms with Crippen molar-refractivity contribution in [3.8, 4) is 0 Å². The smallest absolute Gasteiger partial charge is 0.320 e. The van der Waals surface area contributed by atoms with Crippen LogP contribution in [0.5, 0.6) is 0 Å². The number of carboxylic acid groups (broad SMARTS) is 1. The van der Waals surface area contributed by atoms with Gasteiger partial charge in [-0.2, -0.15) is 0 Å². The highest BCUT2D eigenvalue weighted by Crippen LogP contribution is 2.09. The molecule has 0 bridgehead atoms. The molecule has 0 spiro atoms. The predicted octanol–water partition coefficient (Wildman–Crippen LogP) is 0.728. The predicted molar refractivity (Wildman–Crippen MR) is 55.0 cm³/mol. The maximum absolute atomic E-state index is 10.3. The van der Waals surface area contributed by atoms with E-state index in [0.717, 1.165) is 12.8 Å². The molecule has 4 nitrogen and oxygen atoms in total. The lowest BCUT2D eigenvalue weighted by atomic mass is 9.97. The maximum atomic E-state index is 10.3. The first-order chi connectivity index (χ1) is 5.33. The average Bonchev–Trinajstić information content (AvgIpc) is 1.84. The van der Waals surface area contributed by atoms with Gasteiger partial charge >= 0.3 is 5.97 Å². The van der Waals surface area contributed by atoms with Crippen LogP contribution >= 0.6 is 12.4 Å². The van der Waals surface area contributed by atoms with Gasteiger partial charge in [0.25, 0.3) is 0 Å². The molecule has 0 aliphatic heterocycles. The van der Waals surface area contributed by atoms with Crippen LogP contribution in [-0.4, -0.2) is 22.7 Å². The minimum atomic E-state index is -0.940. The number of nitrogens with two attached hydrogens (primary N) is 2. The van der Waals surface area contributed by atoms with Crippen molar-refractivity contribution in [2.75, 3.05) is 0 Å². The molecule has 0 aliphatic rings. The number of rotatable bonds is 5. The standard InChI is InChI=1S/C8H18N2O2.ClH/c1-8(2,10)5-3-4-6(9)7(11)12;/h6H,3-5,9-10H2,1-2H3,(H,11,12);1H/t6-;/m0./s1. The van der Waals surface area contributed by atoms with Crippen molar-refractivity contribution < 1.29 is 9.90 Å². The van der Waals surface area contributed by atoms with Crippen LogP contribution in [0.4, 0.5) is 0 Å². The van der Waals surface area contributed by atoms with Gasteiger partial charge in [-0.05, 0) is 33.1 Å². The summed E-state index contributed by atoms with van der Waals surface area (Å²) in [6.45, 7) is 3.83. The van der Waals surface area contributed by atoms with E-state index in [9.17, 15) is 4.79 Å². The van der Waals surface area contributed by atoms with Crippen LogP contribution in [0.1, 0.15) is 33.1 Å². The molecule has 0 aliphatic carbocycles. The van der Waals surface area contributed by atoms with Crippen LogP contribution in [0.25, 0.3) is 0 Å².